The number of likely N-dealkylation sites (tertiary alicyclic amines) is 1. The molecule has 2 aliphatic heterocycles. The molecule has 2 N–H and O–H groups in total. The summed E-state index contributed by atoms with van der Waals surface area (Å²) < 4.78 is 5.54. The van der Waals surface area contributed by atoms with Crippen molar-refractivity contribution in [3.8, 4) is 5.75 Å². The second kappa shape index (κ2) is 9.73. The Balaban J connectivity index is 1.39. The predicted molar refractivity (Wildman–Crippen MR) is 126 cm³/mol. The fourth-order valence-electron chi connectivity index (χ4n) is 4.71. The molecule has 2 aromatic rings. The van der Waals surface area contributed by atoms with Gasteiger partial charge < -0.3 is 20.3 Å². The first-order chi connectivity index (χ1) is 15.5. The van der Waals surface area contributed by atoms with Crippen LogP contribution in [0.25, 0.3) is 0 Å². The molecule has 8 nitrogen and oxygen atoms in total. The number of carbonyl (C=O) groups excluding carboxylic acids is 1. The minimum atomic E-state index is -0.0432. The number of anilines is 2. The molecule has 0 saturated carbocycles. The summed E-state index contributed by atoms with van der Waals surface area (Å²) in [5, 5.41) is 0. The second-order valence-corrected chi connectivity index (χ2v) is 8.93. The Morgan fingerprint density at radius 2 is 1.88 bits per heavy atom. The number of ether oxygens (including phenoxy) is 1. The standard InChI is InChI=1S/C24H34N6O2/c1-17(2)19-15-20(27-24(25)26-19)23(31)30-10-6-7-18(16-30)28-11-13-29(14-12-28)21-8-4-5-9-22(21)32-3/h4-5,8-9,15,17-18H,6-7,10-14,16H2,1-3H3,(H2,25,26,27)/t18-/m0/s1. The fourth-order valence-corrected chi connectivity index (χ4v) is 4.71. The van der Waals surface area contributed by atoms with E-state index in [1.807, 2.05) is 30.9 Å². The number of nitrogens with two attached hydrogens (primary N) is 1. The number of methoxy groups -OCH3 is 1. The van der Waals surface area contributed by atoms with E-state index in [0.717, 1.165) is 69.2 Å². The largest absolute Gasteiger partial charge is 0.495 e. The van der Waals surface area contributed by atoms with E-state index in [2.05, 4.69) is 31.9 Å². The number of para-hydroxylation sites is 2. The summed E-state index contributed by atoms with van der Waals surface area (Å²) in [6.07, 6.45) is 2.11. The highest BCUT2D eigenvalue weighted by Gasteiger charge is 2.31. The number of aromatic nitrogens is 2. The summed E-state index contributed by atoms with van der Waals surface area (Å²) in [4.78, 5) is 28.6. The zero-order valence-electron chi connectivity index (χ0n) is 19.3. The fraction of sp³-hybridized carbons (Fsp3) is 0.542. The molecule has 1 aromatic carbocycles. The van der Waals surface area contributed by atoms with Crippen LogP contribution in [0.15, 0.2) is 30.3 Å². The van der Waals surface area contributed by atoms with Gasteiger partial charge in [0, 0.05) is 51.0 Å². The third-order valence-electron chi connectivity index (χ3n) is 6.51. The Labute approximate surface area is 190 Å². The van der Waals surface area contributed by atoms with Crippen molar-refractivity contribution in [1.29, 1.82) is 0 Å². The van der Waals surface area contributed by atoms with E-state index in [-0.39, 0.29) is 17.8 Å². The van der Waals surface area contributed by atoms with Crippen molar-refractivity contribution >= 4 is 17.5 Å². The lowest BCUT2D eigenvalue weighted by Gasteiger charge is -2.44. The Morgan fingerprint density at radius 3 is 2.59 bits per heavy atom. The van der Waals surface area contributed by atoms with Gasteiger partial charge in [0.2, 0.25) is 5.95 Å². The van der Waals surface area contributed by atoms with Crippen molar-refractivity contribution in [2.45, 2.75) is 38.6 Å². The lowest BCUT2D eigenvalue weighted by atomic mass is 10.0. The summed E-state index contributed by atoms with van der Waals surface area (Å²) in [5.74, 6) is 1.24. The lowest BCUT2D eigenvalue weighted by Crippen LogP contribution is -2.56. The number of benzene rings is 1. The minimum absolute atomic E-state index is 0.0432. The van der Waals surface area contributed by atoms with Crippen LogP contribution in [-0.4, -0.2) is 78.1 Å². The van der Waals surface area contributed by atoms with Crippen LogP contribution in [0.2, 0.25) is 0 Å². The summed E-state index contributed by atoms with van der Waals surface area (Å²) in [6.45, 7) is 9.42. The molecule has 3 heterocycles. The molecule has 1 amide bonds. The Kier molecular flexibility index (Phi) is 6.79. The first-order valence-electron chi connectivity index (χ1n) is 11.5. The first kappa shape index (κ1) is 22.3. The van der Waals surface area contributed by atoms with Crippen molar-refractivity contribution < 1.29 is 9.53 Å². The van der Waals surface area contributed by atoms with Crippen LogP contribution in [0, 0.1) is 0 Å². The van der Waals surface area contributed by atoms with E-state index in [4.69, 9.17) is 10.5 Å². The third kappa shape index (κ3) is 4.80. The van der Waals surface area contributed by atoms with Crippen molar-refractivity contribution in [2.24, 2.45) is 0 Å². The van der Waals surface area contributed by atoms with Crippen molar-refractivity contribution in [1.82, 2.24) is 19.8 Å². The van der Waals surface area contributed by atoms with E-state index in [9.17, 15) is 4.79 Å². The zero-order chi connectivity index (χ0) is 22.7. The normalized spacial score (nSPS) is 19.9. The molecule has 1 aromatic heterocycles. The van der Waals surface area contributed by atoms with Gasteiger partial charge in [0.05, 0.1) is 12.8 Å². The topological polar surface area (TPSA) is 87.8 Å². The highest BCUT2D eigenvalue weighted by Crippen LogP contribution is 2.29. The SMILES string of the molecule is COc1ccccc1N1CCN([C@H]2CCCN(C(=O)c3cc(C(C)C)nc(N)n3)C2)CC1. The summed E-state index contributed by atoms with van der Waals surface area (Å²) in [6, 6.07) is 10.3. The van der Waals surface area contributed by atoms with Gasteiger partial charge in [0.1, 0.15) is 11.4 Å². The van der Waals surface area contributed by atoms with Crippen LogP contribution in [0.4, 0.5) is 11.6 Å². The number of hydrogen-bond donors (Lipinski definition) is 1. The molecular formula is C24H34N6O2. The summed E-state index contributed by atoms with van der Waals surface area (Å²) in [7, 11) is 1.72. The molecule has 32 heavy (non-hydrogen) atoms. The van der Waals surface area contributed by atoms with Gasteiger partial charge in [-0.15, -0.1) is 0 Å². The Hall–Kier alpha value is -2.87. The molecule has 8 heteroatoms. The van der Waals surface area contributed by atoms with Crippen molar-refractivity contribution in [3.05, 3.63) is 41.7 Å². The van der Waals surface area contributed by atoms with Gasteiger partial charge in [-0.05, 0) is 37.0 Å². The predicted octanol–water partition coefficient (Wildman–Crippen LogP) is 2.62. The average Bonchev–Trinajstić information content (AvgIpc) is 2.83. The second-order valence-electron chi connectivity index (χ2n) is 8.93. The van der Waals surface area contributed by atoms with Crippen LogP contribution in [0.3, 0.4) is 0 Å². The van der Waals surface area contributed by atoms with Crippen LogP contribution in [0.1, 0.15) is 48.8 Å². The maximum Gasteiger partial charge on any atom is 0.272 e. The van der Waals surface area contributed by atoms with Gasteiger partial charge in [-0.1, -0.05) is 26.0 Å². The number of rotatable bonds is 5. The molecule has 0 spiro atoms. The number of nitrogen functional groups attached to an aromatic ring is 1. The van der Waals surface area contributed by atoms with E-state index in [0.29, 0.717) is 11.7 Å². The van der Waals surface area contributed by atoms with Gasteiger partial charge in [0.25, 0.3) is 5.91 Å². The highest BCUT2D eigenvalue weighted by molar-refractivity contribution is 5.92. The molecule has 2 aliphatic rings. The van der Waals surface area contributed by atoms with Gasteiger partial charge in [-0.25, -0.2) is 9.97 Å². The number of amides is 1. The van der Waals surface area contributed by atoms with Gasteiger partial charge in [0.15, 0.2) is 0 Å². The third-order valence-corrected chi connectivity index (χ3v) is 6.51. The number of hydrogen-bond acceptors (Lipinski definition) is 7. The highest BCUT2D eigenvalue weighted by atomic mass is 16.5. The minimum Gasteiger partial charge on any atom is -0.495 e. The Bertz CT molecular complexity index is 942. The zero-order valence-corrected chi connectivity index (χ0v) is 19.3. The average molecular weight is 439 g/mol. The molecule has 0 radical (unpaired) electrons. The number of piperazine rings is 1. The molecule has 4 rings (SSSR count). The van der Waals surface area contributed by atoms with Crippen molar-refractivity contribution in [2.75, 3.05) is 57.0 Å². The number of piperidine rings is 1. The first-order valence-corrected chi connectivity index (χ1v) is 11.5. The van der Waals surface area contributed by atoms with E-state index >= 15 is 0 Å². The monoisotopic (exact) mass is 438 g/mol. The molecule has 0 unspecified atom stereocenters. The molecule has 1 atom stereocenters. The van der Waals surface area contributed by atoms with Gasteiger partial charge >= 0.3 is 0 Å². The van der Waals surface area contributed by atoms with Crippen LogP contribution in [0.5, 0.6) is 5.75 Å². The smallest absolute Gasteiger partial charge is 0.272 e. The molecule has 2 fully saturated rings. The van der Waals surface area contributed by atoms with Crippen LogP contribution in [-0.2, 0) is 0 Å². The molecule has 0 bridgehead atoms. The molecule has 172 valence electrons. The van der Waals surface area contributed by atoms with Crippen molar-refractivity contribution in [3.63, 3.8) is 0 Å². The van der Waals surface area contributed by atoms with Gasteiger partial charge in [-0.3, -0.25) is 9.69 Å². The maximum absolute atomic E-state index is 13.2. The van der Waals surface area contributed by atoms with E-state index in [1.165, 1.54) is 0 Å². The summed E-state index contributed by atoms with van der Waals surface area (Å²) in [5.41, 5.74) is 8.24. The molecular weight excluding hydrogens is 404 g/mol. The van der Waals surface area contributed by atoms with E-state index < -0.39 is 0 Å². The summed E-state index contributed by atoms with van der Waals surface area (Å²) >= 11 is 0. The molecule has 2 saturated heterocycles. The number of nitrogens with zero attached hydrogens (tertiary/aromatic N) is 5. The number of carbonyl (C=O) groups is 1. The van der Waals surface area contributed by atoms with Gasteiger partial charge in [-0.2, -0.15) is 0 Å². The maximum atomic E-state index is 13.2. The molecule has 0 aliphatic carbocycles. The quantitative estimate of drug-likeness (QED) is 0.768. The lowest BCUT2D eigenvalue weighted by molar-refractivity contribution is 0.0558. The van der Waals surface area contributed by atoms with Crippen LogP contribution < -0.4 is 15.4 Å². The Morgan fingerprint density at radius 1 is 1.12 bits per heavy atom. The van der Waals surface area contributed by atoms with E-state index in [1.54, 1.807) is 13.2 Å². The van der Waals surface area contributed by atoms with Crippen LogP contribution >= 0.6 is 0 Å².